The number of rotatable bonds is 20. The van der Waals surface area contributed by atoms with Gasteiger partial charge in [-0.15, -0.1) is 45.3 Å². The first-order valence-electron chi connectivity index (χ1n) is 22.7. The number of nitrogens with one attached hydrogen (secondary N) is 1. The Morgan fingerprint density at radius 3 is 1.42 bits per heavy atom. The Balaban J connectivity index is 0.000000174. The zero-order chi connectivity index (χ0) is 47.8. The molecule has 0 fully saturated rings. The monoisotopic (exact) mass is 976 g/mol. The molecule has 8 nitrogen and oxygen atoms in total. The van der Waals surface area contributed by atoms with Crippen molar-refractivity contribution in [1.29, 1.82) is 0 Å². The minimum Gasteiger partial charge on any atom is -0.485 e. The highest BCUT2D eigenvalue weighted by Gasteiger charge is 2.16. The first-order chi connectivity index (χ1) is 32.5. The van der Waals surface area contributed by atoms with Crippen LogP contribution in [0.2, 0.25) is 0 Å². The van der Waals surface area contributed by atoms with Gasteiger partial charge in [0.2, 0.25) is 0 Å². The molecule has 4 heterocycles. The van der Waals surface area contributed by atoms with Gasteiger partial charge in [-0.3, -0.25) is 4.79 Å². The quantitative estimate of drug-likeness (QED) is 0.0732. The van der Waals surface area contributed by atoms with Gasteiger partial charge in [-0.1, -0.05) is 84.9 Å². The largest absolute Gasteiger partial charge is 0.485 e. The van der Waals surface area contributed by atoms with E-state index in [1.54, 1.807) is 34.0 Å². The van der Waals surface area contributed by atoms with Crippen LogP contribution in [0, 0.1) is 0 Å². The lowest BCUT2D eigenvalue weighted by molar-refractivity contribution is 0.0976. The van der Waals surface area contributed by atoms with Gasteiger partial charge in [-0.05, 0) is 154 Å². The highest BCUT2D eigenvalue weighted by Crippen LogP contribution is 2.32. The molecule has 8 aromatic rings. The second kappa shape index (κ2) is 29.2. The van der Waals surface area contributed by atoms with Crippen LogP contribution in [0.4, 0.5) is 0 Å². The van der Waals surface area contributed by atoms with Crippen LogP contribution >= 0.6 is 45.3 Å². The number of nitrogens with zero attached hydrogens (tertiary/aromatic N) is 3. The summed E-state index contributed by atoms with van der Waals surface area (Å²) in [6.45, 7) is 3.71. The van der Waals surface area contributed by atoms with E-state index >= 15 is 0 Å². The van der Waals surface area contributed by atoms with Crippen LogP contribution in [-0.4, -0.2) is 101 Å². The maximum Gasteiger partial charge on any atom is 0.174 e. The fraction of sp³-hybridized carbons (Fsp3) is 0.327. The maximum absolute atomic E-state index is 11.4. The molecule has 4 aromatic carbocycles. The first-order valence-corrected chi connectivity index (χ1v) is 26.3. The molecule has 0 saturated carbocycles. The molecule has 2 N–H and O–H groups in total. The van der Waals surface area contributed by atoms with Gasteiger partial charge in [0.15, 0.2) is 5.78 Å². The van der Waals surface area contributed by atoms with Gasteiger partial charge in [0.1, 0.15) is 23.7 Å². The summed E-state index contributed by atoms with van der Waals surface area (Å²) in [7, 11) is 14.1. The zero-order valence-corrected chi connectivity index (χ0v) is 43.3. The molecule has 356 valence electrons. The molecule has 0 saturated heterocycles. The van der Waals surface area contributed by atoms with E-state index in [2.05, 4.69) is 149 Å². The molecule has 0 radical (unpaired) electrons. The summed E-state index contributed by atoms with van der Waals surface area (Å²) in [5.41, 5.74) is 0. The third-order valence-corrected chi connectivity index (χ3v) is 14.3. The number of carbonyl (C=O) groups excluding carboxylic acids is 1. The number of fused-ring (bicyclic) bond motifs is 2. The standard InChI is InChI=1S/C19H21NOS.C18H19NOS.C9H15NOS.C9H13NOS/c1-20(2)12-11-18(19-8-5-13-22-19)21-17-10-9-15-6-3-4-7-16(15)14-17;1-19-11-10-17(18-7-4-12-21-18)20-16-9-8-14-5-2-3-6-15(14)13-16;2*1-10(2)6-5-8(11)9-4-3-7-12-9/h3-10,13-14,18H,11-12H2,1-2H3;2-9,12-13,17,19H,10-11H2,1H3;3-4,7-8,11H,5-6H2,1-2H3;3-4,7H,5-6H2,1-2H3/t18-;17-;8-;/m000./s1. The molecule has 0 bridgehead atoms. The van der Waals surface area contributed by atoms with E-state index in [4.69, 9.17) is 9.47 Å². The Hall–Kier alpha value is -4.73. The van der Waals surface area contributed by atoms with Crippen molar-refractivity contribution in [2.45, 2.75) is 44.0 Å². The molecule has 0 aliphatic rings. The molecule has 0 amide bonds. The Morgan fingerprint density at radius 2 is 0.970 bits per heavy atom. The number of ether oxygens (including phenoxy) is 2. The summed E-state index contributed by atoms with van der Waals surface area (Å²) < 4.78 is 12.5. The van der Waals surface area contributed by atoms with Crippen molar-refractivity contribution >= 4 is 72.7 Å². The SMILES string of the molecule is CN(C)CCC(=O)c1cccs1.CN(C)CC[C@H](O)c1cccs1.CN(C)CC[C@H](Oc1ccc2ccccc2c1)c1cccs1.CNCC[C@H](Oc1ccc2ccccc2c1)c1cccs1. The van der Waals surface area contributed by atoms with Crippen molar-refractivity contribution in [1.82, 2.24) is 20.0 Å². The van der Waals surface area contributed by atoms with Crippen LogP contribution in [0.15, 0.2) is 155 Å². The predicted molar refractivity (Wildman–Crippen MR) is 289 cm³/mol. The number of aliphatic hydroxyl groups is 1. The van der Waals surface area contributed by atoms with Crippen molar-refractivity contribution in [2.24, 2.45) is 0 Å². The van der Waals surface area contributed by atoms with Crippen LogP contribution in [0.5, 0.6) is 11.5 Å². The molecule has 4 aromatic heterocycles. The molecule has 12 heteroatoms. The van der Waals surface area contributed by atoms with E-state index < -0.39 is 0 Å². The van der Waals surface area contributed by atoms with Crippen LogP contribution < -0.4 is 14.8 Å². The van der Waals surface area contributed by atoms with E-state index in [-0.39, 0.29) is 24.1 Å². The van der Waals surface area contributed by atoms with Gasteiger partial charge in [0.05, 0.1) is 11.0 Å². The van der Waals surface area contributed by atoms with E-state index in [9.17, 15) is 9.90 Å². The van der Waals surface area contributed by atoms with Gasteiger partial charge in [0, 0.05) is 53.5 Å². The van der Waals surface area contributed by atoms with Gasteiger partial charge in [0.25, 0.3) is 0 Å². The smallest absolute Gasteiger partial charge is 0.174 e. The van der Waals surface area contributed by atoms with Gasteiger partial charge < -0.3 is 34.6 Å². The minimum atomic E-state index is -0.285. The number of benzene rings is 4. The molecule has 67 heavy (non-hydrogen) atoms. The summed E-state index contributed by atoms with van der Waals surface area (Å²) in [6.07, 6.45) is 3.32. The molecule has 0 aliphatic carbocycles. The average Bonchev–Trinajstić information content (AvgIpc) is 4.20. The summed E-state index contributed by atoms with van der Waals surface area (Å²) >= 11 is 6.64. The van der Waals surface area contributed by atoms with E-state index in [0.29, 0.717) is 6.42 Å². The summed E-state index contributed by atoms with van der Waals surface area (Å²) in [4.78, 5) is 22.2. The highest BCUT2D eigenvalue weighted by atomic mass is 32.1. The normalized spacial score (nSPS) is 12.4. The second-order valence-electron chi connectivity index (χ2n) is 16.8. The summed E-state index contributed by atoms with van der Waals surface area (Å²) in [6, 6.07) is 45.6. The topological polar surface area (TPSA) is 77.5 Å². The third-order valence-electron chi connectivity index (χ3n) is 10.5. The van der Waals surface area contributed by atoms with Gasteiger partial charge >= 0.3 is 0 Å². The number of Topliss-reactive ketones (excluding diaryl/α,β-unsaturated/α-hetero) is 1. The second-order valence-corrected chi connectivity index (χ2v) is 20.7. The summed E-state index contributed by atoms with van der Waals surface area (Å²) in [5, 5.41) is 25.9. The lowest BCUT2D eigenvalue weighted by atomic mass is 10.1. The first kappa shape index (κ1) is 53.2. The molecule has 0 unspecified atom stereocenters. The van der Waals surface area contributed by atoms with Crippen molar-refractivity contribution in [3.8, 4) is 11.5 Å². The van der Waals surface area contributed by atoms with E-state index in [1.165, 1.54) is 42.6 Å². The van der Waals surface area contributed by atoms with Gasteiger partial charge in [-0.25, -0.2) is 0 Å². The number of hydrogen-bond donors (Lipinski definition) is 2. The van der Waals surface area contributed by atoms with Crippen LogP contribution in [0.25, 0.3) is 21.5 Å². The molecular weight excluding hydrogens is 909 g/mol. The van der Waals surface area contributed by atoms with Gasteiger partial charge in [-0.2, -0.15) is 0 Å². The van der Waals surface area contributed by atoms with Crippen molar-refractivity contribution in [2.75, 3.05) is 75.5 Å². The van der Waals surface area contributed by atoms with Crippen molar-refractivity contribution < 1.29 is 19.4 Å². The van der Waals surface area contributed by atoms with Crippen LogP contribution in [0.3, 0.4) is 0 Å². The van der Waals surface area contributed by atoms with E-state index in [1.807, 2.05) is 75.2 Å². The summed E-state index contributed by atoms with van der Waals surface area (Å²) in [5.74, 6) is 2.12. The molecule has 0 aliphatic heterocycles. The molecular formula is C55H68N4O4S4. The highest BCUT2D eigenvalue weighted by molar-refractivity contribution is 7.12. The zero-order valence-electron chi connectivity index (χ0n) is 40.0. The number of carbonyl (C=O) groups is 1. The molecule has 3 atom stereocenters. The maximum atomic E-state index is 11.4. The van der Waals surface area contributed by atoms with Crippen LogP contribution in [0.1, 0.15) is 68.3 Å². The third kappa shape index (κ3) is 19.1. The fourth-order valence-corrected chi connectivity index (χ4v) is 9.84. The van der Waals surface area contributed by atoms with E-state index in [0.717, 1.165) is 66.7 Å². The predicted octanol–water partition coefficient (Wildman–Crippen LogP) is 13.2. The Bertz CT molecular complexity index is 2520. The molecule has 0 spiro atoms. The number of aliphatic hydroxyl groups excluding tert-OH is 1. The Kier molecular flexibility index (Phi) is 23.2. The fourth-order valence-electron chi connectivity index (χ4n) is 6.82. The number of ketones is 1. The lowest BCUT2D eigenvalue weighted by Gasteiger charge is -2.20. The number of hydrogen-bond acceptors (Lipinski definition) is 12. The number of thiophene rings is 4. The minimum absolute atomic E-state index is 0.110. The Morgan fingerprint density at radius 1 is 0.522 bits per heavy atom. The van der Waals surface area contributed by atoms with Crippen molar-refractivity contribution in [3.63, 3.8) is 0 Å². The van der Waals surface area contributed by atoms with Crippen LogP contribution in [-0.2, 0) is 0 Å². The average molecular weight is 977 g/mol. The Labute approximate surface area is 415 Å². The molecule has 8 rings (SSSR count). The lowest BCUT2D eigenvalue weighted by Crippen LogP contribution is -2.18. The van der Waals surface area contributed by atoms with Crippen molar-refractivity contribution in [3.05, 3.63) is 174 Å².